The number of pyridine rings is 1. The van der Waals surface area contributed by atoms with Crippen molar-refractivity contribution in [2.24, 2.45) is 4.40 Å². The van der Waals surface area contributed by atoms with Gasteiger partial charge in [0.25, 0.3) is 10.0 Å². The fraction of sp³-hybridized carbons (Fsp3) is 0.136. The topological polar surface area (TPSA) is 91.7 Å². The quantitative estimate of drug-likeness (QED) is 0.432. The number of rotatable bonds is 7. The Hall–Kier alpha value is -3.66. The van der Waals surface area contributed by atoms with Crippen molar-refractivity contribution >= 4 is 28.0 Å². The molecule has 10 heteroatoms. The highest BCUT2D eigenvalue weighted by atomic mass is 32.2. The van der Waals surface area contributed by atoms with Crippen LogP contribution in [-0.2, 0) is 21.2 Å². The van der Waals surface area contributed by atoms with Crippen LogP contribution in [-0.4, -0.2) is 44.6 Å². The number of nitrogens with zero attached hydrogens (tertiary/aromatic N) is 3. The SMILES string of the molecule is CN(C)/C=N/S(=O)(=O)c1cc(NC(=O)Cc2ccccc2F)ccc1-c1cncc(F)c1. The van der Waals surface area contributed by atoms with E-state index in [9.17, 15) is 22.0 Å². The van der Waals surface area contributed by atoms with E-state index in [1.165, 1.54) is 47.5 Å². The van der Waals surface area contributed by atoms with Crippen LogP contribution < -0.4 is 5.32 Å². The molecule has 7 nitrogen and oxygen atoms in total. The van der Waals surface area contributed by atoms with E-state index in [0.29, 0.717) is 0 Å². The molecular weight excluding hydrogens is 438 g/mol. The molecule has 1 amide bonds. The lowest BCUT2D eigenvalue weighted by atomic mass is 10.1. The van der Waals surface area contributed by atoms with Gasteiger partial charge in [0.1, 0.15) is 18.0 Å². The smallest absolute Gasteiger partial charge is 0.284 e. The molecule has 3 rings (SSSR count). The minimum atomic E-state index is -4.20. The molecule has 3 aromatic rings. The number of aromatic nitrogens is 1. The van der Waals surface area contributed by atoms with Gasteiger partial charge >= 0.3 is 0 Å². The first-order valence-electron chi connectivity index (χ1n) is 9.41. The molecule has 0 radical (unpaired) electrons. The zero-order valence-corrected chi connectivity index (χ0v) is 18.1. The van der Waals surface area contributed by atoms with Gasteiger partial charge in [0, 0.05) is 37.1 Å². The third-order valence-corrected chi connectivity index (χ3v) is 5.55. The summed E-state index contributed by atoms with van der Waals surface area (Å²) in [7, 11) is -0.991. The molecule has 0 bridgehead atoms. The van der Waals surface area contributed by atoms with Gasteiger partial charge in [-0.1, -0.05) is 24.3 Å². The van der Waals surface area contributed by atoms with Gasteiger partial charge in [0.15, 0.2) is 0 Å². The summed E-state index contributed by atoms with van der Waals surface area (Å²) in [4.78, 5) is 17.4. The lowest BCUT2D eigenvalue weighted by molar-refractivity contribution is -0.115. The highest BCUT2D eigenvalue weighted by Crippen LogP contribution is 2.31. The Kier molecular flexibility index (Phi) is 6.94. The monoisotopic (exact) mass is 458 g/mol. The second-order valence-electron chi connectivity index (χ2n) is 7.08. The number of anilines is 1. The summed E-state index contributed by atoms with van der Waals surface area (Å²) in [5.74, 6) is -1.68. The molecule has 0 aliphatic heterocycles. The Balaban J connectivity index is 1.99. The van der Waals surface area contributed by atoms with Crippen molar-refractivity contribution < 1.29 is 22.0 Å². The van der Waals surface area contributed by atoms with E-state index in [1.54, 1.807) is 20.2 Å². The first kappa shape index (κ1) is 23.0. The standard InChI is InChI=1S/C22H20F2N4O3S/c1-28(2)14-26-32(30,31)21-11-18(7-8-19(21)16-9-17(23)13-25-12-16)27-22(29)10-15-5-3-4-6-20(15)24/h3-9,11-14H,10H2,1-2H3,(H,27,29)/b26-14+. The van der Waals surface area contributed by atoms with E-state index in [1.807, 2.05) is 0 Å². The van der Waals surface area contributed by atoms with Gasteiger partial charge in [-0.15, -0.1) is 4.40 Å². The highest BCUT2D eigenvalue weighted by Gasteiger charge is 2.21. The fourth-order valence-electron chi connectivity index (χ4n) is 2.84. The van der Waals surface area contributed by atoms with Crippen LogP contribution in [0.3, 0.4) is 0 Å². The molecule has 166 valence electrons. The van der Waals surface area contributed by atoms with Crippen molar-refractivity contribution in [3.05, 3.63) is 78.1 Å². The minimum Gasteiger partial charge on any atom is -0.368 e. The fourth-order valence-corrected chi connectivity index (χ4v) is 4.01. The summed E-state index contributed by atoms with van der Waals surface area (Å²) < 4.78 is 56.9. The third-order valence-electron chi connectivity index (χ3n) is 4.28. The van der Waals surface area contributed by atoms with Crippen molar-refractivity contribution in [1.82, 2.24) is 9.88 Å². The van der Waals surface area contributed by atoms with Gasteiger partial charge < -0.3 is 10.2 Å². The van der Waals surface area contributed by atoms with Gasteiger partial charge in [-0.3, -0.25) is 9.78 Å². The summed E-state index contributed by atoms with van der Waals surface area (Å²) >= 11 is 0. The summed E-state index contributed by atoms with van der Waals surface area (Å²) in [6.07, 6.45) is 3.21. The maximum Gasteiger partial charge on any atom is 0.284 e. The number of carbonyl (C=O) groups is 1. The van der Waals surface area contributed by atoms with Crippen LogP contribution in [0.5, 0.6) is 0 Å². The van der Waals surface area contributed by atoms with Gasteiger partial charge in [0.05, 0.1) is 17.5 Å². The van der Waals surface area contributed by atoms with Crippen molar-refractivity contribution in [3.63, 3.8) is 0 Å². The second kappa shape index (κ2) is 9.65. The maximum absolute atomic E-state index is 13.8. The van der Waals surface area contributed by atoms with E-state index < -0.39 is 27.6 Å². The molecule has 0 unspecified atom stereocenters. The molecule has 0 saturated carbocycles. The lowest BCUT2D eigenvalue weighted by Gasteiger charge is -2.12. The molecule has 1 aromatic heterocycles. The molecule has 2 aromatic carbocycles. The van der Waals surface area contributed by atoms with Crippen LogP contribution in [0.1, 0.15) is 5.56 Å². The summed E-state index contributed by atoms with van der Waals surface area (Å²) in [6, 6.07) is 11.1. The molecule has 0 aliphatic carbocycles. The van der Waals surface area contributed by atoms with Crippen LogP contribution in [0.2, 0.25) is 0 Å². The van der Waals surface area contributed by atoms with E-state index in [0.717, 1.165) is 18.6 Å². The first-order valence-corrected chi connectivity index (χ1v) is 10.8. The lowest BCUT2D eigenvalue weighted by Crippen LogP contribution is -2.16. The Labute approximate surface area is 184 Å². The maximum atomic E-state index is 13.8. The van der Waals surface area contributed by atoms with Gasteiger partial charge in [-0.05, 0) is 29.8 Å². The normalized spacial score (nSPS) is 11.5. The number of hydrogen-bond acceptors (Lipinski definition) is 4. The van der Waals surface area contributed by atoms with Gasteiger partial charge in [-0.2, -0.15) is 8.42 Å². The Morgan fingerprint density at radius 1 is 1.12 bits per heavy atom. The number of nitrogens with one attached hydrogen (secondary N) is 1. The number of benzene rings is 2. The van der Waals surface area contributed by atoms with Crippen LogP contribution in [0.25, 0.3) is 11.1 Å². The average molecular weight is 458 g/mol. The molecule has 0 spiro atoms. The third kappa shape index (κ3) is 5.73. The predicted molar refractivity (Wildman–Crippen MR) is 118 cm³/mol. The number of sulfonamides is 1. The van der Waals surface area contributed by atoms with E-state index in [2.05, 4.69) is 14.7 Å². The minimum absolute atomic E-state index is 0.165. The average Bonchev–Trinajstić information content (AvgIpc) is 2.74. The van der Waals surface area contributed by atoms with E-state index in [-0.39, 0.29) is 33.7 Å². The van der Waals surface area contributed by atoms with Crippen molar-refractivity contribution in [1.29, 1.82) is 0 Å². The Morgan fingerprint density at radius 2 is 1.88 bits per heavy atom. The molecular formula is C22H20F2N4O3S. The second-order valence-corrected chi connectivity index (χ2v) is 8.68. The van der Waals surface area contributed by atoms with Crippen molar-refractivity contribution in [2.45, 2.75) is 11.3 Å². The first-order chi connectivity index (χ1) is 15.2. The molecule has 1 heterocycles. The highest BCUT2D eigenvalue weighted by molar-refractivity contribution is 7.90. The predicted octanol–water partition coefficient (Wildman–Crippen LogP) is 3.49. The molecule has 1 N–H and O–H groups in total. The van der Waals surface area contributed by atoms with E-state index in [4.69, 9.17) is 0 Å². The molecule has 0 fully saturated rings. The van der Waals surface area contributed by atoms with Gasteiger partial charge in [-0.25, -0.2) is 8.78 Å². The van der Waals surface area contributed by atoms with Crippen LogP contribution in [0.4, 0.5) is 14.5 Å². The number of hydrogen-bond donors (Lipinski definition) is 1. The van der Waals surface area contributed by atoms with Crippen LogP contribution in [0, 0.1) is 11.6 Å². The zero-order chi connectivity index (χ0) is 23.3. The van der Waals surface area contributed by atoms with Crippen molar-refractivity contribution in [3.8, 4) is 11.1 Å². The summed E-state index contributed by atoms with van der Waals surface area (Å²) in [5, 5.41) is 2.56. The number of halogens is 2. The number of amides is 1. The molecule has 0 saturated heterocycles. The molecule has 32 heavy (non-hydrogen) atoms. The molecule has 0 atom stereocenters. The number of carbonyl (C=O) groups excluding carboxylic acids is 1. The Morgan fingerprint density at radius 3 is 2.56 bits per heavy atom. The largest absolute Gasteiger partial charge is 0.368 e. The van der Waals surface area contributed by atoms with Gasteiger partial charge in [0.2, 0.25) is 5.91 Å². The van der Waals surface area contributed by atoms with Crippen molar-refractivity contribution in [2.75, 3.05) is 19.4 Å². The summed E-state index contributed by atoms with van der Waals surface area (Å²) in [6.45, 7) is 0. The molecule has 0 aliphatic rings. The van der Waals surface area contributed by atoms with Crippen LogP contribution in [0.15, 0.2) is 70.2 Å². The van der Waals surface area contributed by atoms with E-state index >= 15 is 0 Å². The zero-order valence-electron chi connectivity index (χ0n) is 17.3. The van der Waals surface area contributed by atoms with Crippen LogP contribution >= 0.6 is 0 Å². The summed E-state index contributed by atoms with van der Waals surface area (Å²) in [5.41, 5.74) is 0.766. The Bertz CT molecular complexity index is 1280.